The van der Waals surface area contributed by atoms with Gasteiger partial charge in [-0.15, -0.1) is 0 Å². The van der Waals surface area contributed by atoms with E-state index < -0.39 is 0 Å². The van der Waals surface area contributed by atoms with Crippen LogP contribution in [0.3, 0.4) is 0 Å². The number of hydrogen-bond acceptors (Lipinski definition) is 3. The number of methoxy groups -OCH3 is 1. The molecule has 152 valence electrons. The van der Waals surface area contributed by atoms with Gasteiger partial charge in [-0.1, -0.05) is 82.2 Å². The van der Waals surface area contributed by atoms with Crippen molar-refractivity contribution in [3.8, 4) is 11.5 Å². The molecule has 0 aliphatic rings. The van der Waals surface area contributed by atoms with Gasteiger partial charge in [-0.25, -0.2) is 0 Å². The normalized spacial score (nSPS) is 10.8. The molecule has 0 atom stereocenters. The van der Waals surface area contributed by atoms with Gasteiger partial charge in [0.2, 0.25) is 0 Å². The summed E-state index contributed by atoms with van der Waals surface area (Å²) in [5, 5.41) is 5.98. The van der Waals surface area contributed by atoms with E-state index in [1.165, 1.54) is 16.3 Å². The monoisotopic (exact) mass is 461 g/mol. The second kappa shape index (κ2) is 9.23. The summed E-state index contributed by atoms with van der Waals surface area (Å²) in [4.78, 5) is 0. The summed E-state index contributed by atoms with van der Waals surface area (Å²) in [6.07, 6.45) is 0. The van der Waals surface area contributed by atoms with Crippen molar-refractivity contribution in [1.29, 1.82) is 0 Å². The van der Waals surface area contributed by atoms with Crippen LogP contribution in [0.4, 0.5) is 5.69 Å². The highest BCUT2D eigenvalue weighted by atomic mass is 79.9. The van der Waals surface area contributed by atoms with Gasteiger partial charge in [0.05, 0.1) is 7.11 Å². The van der Waals surface area contributed by atoms with Crippen LogP contribution in [0.5, 0.6) is 11.5 Å². The van der Waals surface area contributed by atoms with Gasteiger partial charge in [0.15, 0.2) is 11.5 Å². The van der Waals surface area contributed by atoms with E-state index >= 15 is 0 Å². The Morgan fingerprint density at radius 3 is 2.43 bits per heavy atom. The Hall–Kier alpha value is -2.98. The number of nitrogens with one attached hydrogen (secondary N) is 1. The van der Waals surface area contributed by atoms with E-state index in [9.17, 15) is 0 Å². The molecule has 0 fully saturated rings. The SMILES string of the molecule is COc1ccc(Br)c(CNc2cccc3ccccc23)c1OCc1ccc(C)cc1. The van der Waals surface area contributed by atoms with Crippen LogP contribution in [0.2, 0.25) is 0 Å². The van der Waals surface area contributed by atoms with Crippen LogP contribution in [-0.4, -0.2) is 7.11 Å². The molecule has 0 saturated heterocycles. The summed E-state index contributed by atoms with van der Waals surface area (Å²) in [5.74, 6) is 1.47. The van der Waals surface area contributed by atoms with E-state index in [0.29, 0.717) is 13.2 Å². The predicted molar refractivity (Wildman–Crippen MR) is 127 cm³/mol. The van der Waals surface area contributed by atoms with Crippen LogP contribution in [0.1, 0.15) is 16.7 Å². The first-order valence-electron chi connectivity index (χ1n) is 9.91. The average Bonchev–Trinajstić information content (AvgIpc) is 2.78. The molecule has 3 nitrogen and oxygen atoms in total. The summed E-state index contributed by atoms with van der Waals surface area (Å²) in [5.41, 5.74) is 4.47. The molecular weight excluding hydrogens is 438 g/mol. The molecule has 4 heteroatoms. The minimum atomic E-state index is 0.481. The van der Waals surface area contributed by atoms with E-state index in [1.807, 2.05) is 12.1 Å². The zero-order chi connectivity index (χ0) is 20.9. The molecule has 30 heavy (non-hydrogen) atoms. The Bertz CT molecular complexity index is 1150. The fourth-order valence-corrected chi connectivity index (χ4v) is 3.92. The highest BCUT2D eigenvalue weighted by Crippen LogP contribution is 2.37. The van der Waals surface area contributed by atoms with E-state index in [2.05, 4.69) is 94.9 Å². The molecule has 0 aliphatic carbocycles. The maximum absolute atomic E-state index is 6.25. The quantitative estimate of drug-likeness (QED) is 0.318. The van der Waals surface area contributed by atoms with Gasteiger partial charge < -0.3 is 14.8 Å². The Morgan fingerprint density at radius 1 is 0.867 bits per heavy atom. The largest absolute Gasteiger partial charge is 0.493 e. The lowest BCUT2D eigenvalue weighted by atomic mass is 10.1. The van der Waals surface area contributed by atoms with Crippen molar-refractivity contribution >= 4 is 32.4 Å². The van der Waals surface area contributed by atoms with Crippen LogP contribution in [0.15, 0.2) is 83.3 Å². The van der Waals surface area contributed by atoms with Crippen LogP contribution in [0.25, 0.3) is 10.8 Å². The number of aryl methyl sites for hydroxylation is 1. The third-order valence-corrected chi connectivity index (χ3v) is 5.88. The average molecular weight is 462 g/mol. The number of halogens is 1. The van der Waals surface area contributed by atoms with Crippen LogP contribution in [-0.2, 0) is 13.2 Å². The summed E-state index contributed by atoms with van der Waals surface area (Å²) >= 11 is 3.69. The number of anilines is 1. The molecule has 0 spiro atoms. The molecule has 0 amide bonds. The van der Waals surface area contributed by atoms with E-state index in [1.54, 1.807) is 7.11 Å². The number of benzene rings is 4. The molecule has 0 unspecified atom stereocenters. The second-order valence-electron chi connectivity index (χ2n) is 7.21. The van der Waals surface area contributed by atoms with Crippen molar-refractivity contribution in [3.63, 3.8) is 0 Å². The fraction of sp³-hybridized carbons (Fsp3) is 0.154. The van der Waals surface area contributed by atoms with Gasteiger partial charge in [0.25, 0.3) is 0 Å². The summed E-state index contributed by atoms with van der Waals surface area (Å²) in [7, 11) is 1.67. The molecule has 0 radical (unpaired) electrons. The molecule has 0 aliphatic heterocycles. The summed E-state index contributed by atoms with van der Waals surface area (Å²) < 4.78 is 12.8. The van der Waals surface area contributed by atoms with E-state index in [-0.39, 0.29) is 0 Å². The van der Waals surface area contributed by atoms with Gasteiger partial charge in [0.1, 0.15) is 6.61 Å². The number of fused-ring (bicyclic) bond motifs is 1. The molecule has 4 aromatic rings. The van der Waals surface area contributed by atoms with E-state index in [0.717, 1.165) is 32.8 Å². The summed E-state index contributed by atoms with van der Waals surface area (Å²) in [6, 6.07) is 27.0. The van der Waals surface area contributed by atoms with Crippen molar-refractivity contribution in [2.24, 2.45) is 0 Å². The Labute approximate surface area is 185 Å². The second-order valence-corrected chi connectivity index (χ2v) is 8.07. The molecule has 0 aromatic heterocycles. The van der Waals surface area contributed by atoms with Crippen molar-refractivity contribution in [2.45, 2.75) is 20.1 Å². The molecule has 0 saturated carbocycles. The van der Waals surface area contributed by atoms with Gasteiger partial charge in [-0.2, -0.15) is 0 Å². The summed E-state index contributed by atoms with van der Waals surface area (Å²) in [6.45, 7) is 3.17. The third-order valence-electron chi connectivity index (χ3n) is 5.14. The molecule has 1 N–H and O–H groups in total. The minimum absolute atomic E-state index is 0.481. The smallest absolute Gasteiger partial charge is 0.167 e. The molecule has 0 bridgehead atoms. The Kier molecular flexibility index (Phi) is 6.24. The van der Waals surface area contributed by atoms with Crippen LogP contribution >= 0.6 is 15.9 Å². The zero-order valence-electron chi connectivity index (χ0n) is 17.1. The van der Waals surface area contributed by atoms with E-state index in [4.69, 9.17) is 9.47 Å². The van der Waals surface area contributed by atoms with Gasteiger partial charge >= 0.3 is 0 Å². The first-order valence-corrected chi connectivity index (χ1v) is 10.7. The standard InChI is InChI=1S/C26H24BrNO2/c1-18-10-12-19(13-11-18)17-30-26-22(23(27)14-15-25(26)29-2)16-28-24-9-5-7-20-6-3-4-8-21(20)24/h3-15,28H,16-17H2,1-2H3. The predicted octanol–water partition coefficient (Wildman–Crippen LogP) is 7.11. The maximum Gasteiger partial charge on any atom is 0.167 e. The van der Waals surface area contributed by atoms with Crippen molar-refractivity contribution in [1.82, 2.24) is 0 Å². The lowest BCUT2D eigenvalue weighted by molar-refractivity contribution is 0.281. The van der Waals surface area contributed by atoms with Crippen LogP contribution in [0, 0.1) is 6.92 Å². The number of ether oxygens (including phenoxy) is 2. The van der Waals surface area contributed by atoms with Gasteiger partial charge in [-0.05, 0) is 36.1 Å². The zero-order valence-corrected chi connectivity index (χ0v) is 18.7. The first-order chi connectivity index (χ1) is 14.7. The first kappa shape index (κ1) is 20.3. The maximum atomic E-state index is 6.25. The Balaban J connectivity index is 1.61. The molecule has 0 heterocycles. The minimum Gasteiger partial charge on any atom is -0.493 e. The number of hydrogen-bond donors (Lipinski definition) is 1. The molecular formula is C26H24BrNO2. The topological polar surface area (TPSA) is 30.5 Å². The van der Waals surface area contributed by atoms with Gasteiger partial charge in [-0.3, -0.25) is 0 Å². The van der Waals surface area contributed by atoms with Gasteiger partial charge in [0, 0.05) is 27.7 Å². The molecule has 4 rings (SSSR count). The third kappa shape index (κ3) is 4.44. The Morgan fingerprint density at radius 2 is 1.63 bits per heavy atom. The highest BCUT2D eigenvalue weighted by molar-refractivity contribution is 9.10. The number of rotatable bonds is 7. The lowest BCUT2D eigenvalue weighted by Gasteiger charge is -2.18. The van der Waals surface area contributed by atoms with Crippen molar-refractivity contribution < 1.29 is 9.47 Å². The fourth-order valence-electron chi connectivity index (χ4n) is 3.47. The molecule has 4 aromatic carbocycles. The highest BCUT2D eigenvalue weighted by Gasteiger charge is 2.15. The van der Waals surface area contributed by atoms with Crippen LogP contribution < -0.4 is 14.8 Å². The van der Waals surface area contributed by atoms with Crippen molar-refractivity contribution in [2.75, 3.05) is 12.4 Å². The van der Waals surface area contributed by atoms with Crippen molar-refractivity contribution in [3.05, 3.63) is 100 Å². The lowest BCUT2D eigenvalue weighted by Crippen LogP contribution is -2.06.